The van der Waals surface area contributed by atoms with Crippen LogP contribution in [0.4, 0.5) is 0 Å². The van der Waals surface area contributed by atoms with Gasteiger partial charge in [-0.25, -0.2) is 4.98 Å². The van der Waals surface area contributed by atoms with E-state index in [0.717, 1.165) is 30.2 Å². The highest BCUT2D eigenvalue weighted by molar-refractivity contribution is 9.13. The number of phenolic OH excluding ortho intramolecular Hbond substituents is 1. The van der Waals surface area contributed by atoms with Crippen molar-refractivity contribution in [2.45, 2.75) is 44.9 Å². The zero-order valence-electron chi connectivity index (χ0n) is 17.4. The van der Waals surface area contributed by atoms with Gasteiger partial charge in [-0.05, 0) is 75.9 Å². The molecule has 1 fully saturated rings. The van der Waals surface area contributed by atoms with Crippen molar-refractivity contribution in [2.75, 3.05) is 6.61 Å². The summed E-state index contributed by atoms with van der Waals surface area (Å²) < 4.78 is 8.85. The summed E-state index contributed by atoms with van der Waals surface area (Å²) in [6.07, 6.45) is 7.03. The first kappa shape index (κ1) is 23.4. The van der Waals surface area contributed by atoms with E-state index in [1.165, 1.54) is 11.1 Å². The summed E-state index contributed by atoms with van der Waals surface area (Å²) >= 11 is 10.3. The molecule has 9 heteroatoms. The fourth-order valence-electron chi connectivity index (χ4n) is 3.99. The van der Waals surface area contributed by atoms with E-state index >= 15 is 0 Å². The smallest absolute Gasteiger partial charge is 0.282 e. The van der Waals surface area contributed by atoms with E-state index in [1.54, 1.807) is 18.3 Å². The lowest BCUT2D eigenvalue weighted by Crippen LogP contribution is -2.25. The third-order valence-electron chi connectivity index (χ3n) is 5.59. The van der Waals surface area contributed by atoms with Gasteiger partial charge in [-0.15, -0.1) is 0 Å². The molecule has 0 bridgehead atoms. The van der Waals surface area contributed by atoms with Crippen LogP contribution in [-0.4, -0.2) is 27.6 Å². The van der Waals surface area contributed by atoms with E-state index in [1.807, 2.05) is 19.1 Å². The quantitative estimate of drug-likeness (QED) is 0.319. The maximum atomic E-state index is 13.4. The summed E-state index contributed by atoms with van der Waals surface area (Å²) in [5.41, 5.74) is 1.14. The fraction of sp³-hybridized carbons (Fsp3) is 0.348. The first-order valence-corrected chi connectivity index (χ1v) is 12.9. The van der Waals surface area contributed by atoms with E-state index in [9.17, 15) is 9.90 Å². The van der Waals surface area contributed by atoms with Crippen molar-refractivity contribution in [1.82, 2.24) is 9.66 Å². The molecule has 3 aromatic rings. The van der Waals surface area contributed by atoms with E-state index in [-0.39, 0.29) is 17.2 Å². The van der Waals surface area contributed by atoms with Crippen molar-refractivity contribution in [3.05, 3.63) is 59.4 Å². The molecule has 0 unspecified atom stereocenters. The second-order valence-electron chi connectivity index (χ2n) is 7.70. The van der Waals surface area contributed by atoms with Crippen LogP contribution in [0.15, 0.2) is 47.6 Å². The Morgan fingerprint density at radius 2 is 1.94 bits per heavy atom. The Kier molecular flexibility index (Phi) is 7.37. The molecule has 0 amide bonds. The third-order valence-corrected chi connectivity index (χ3v) is 8.24. The minimum atomic E-state index is -0.202. The number of aromatic hydroxyl groups is 1. The fourth-order valence-corrected chi connectivity index (χ4v) is 5.18. The summed E-state index contributed by atoms with van der Waals surface area (Å²) in [5.74, 6) is 1.23. The zero-order valence-corrected chi connectivity index (χ0v) is 22.2. The number of rotatable bonds is 5. The normalized spacial score (nSPS) is 15.0. The molecule has 1 N–H and O–H groups in total. The molecule has 0 atom stereocenters. The molecule has 0 saturated heterocycles. The van der Waals surface area contributed by atoms with Gasteiger partial charge in [0.15, 0.2) is 11.5 Å². The van der Waals surface area contributed by atoms with Crippen molar-refractivity contribution in [2.24, 2.45) is 5.10 Å². The number of aromatic nitrogens is 2. The van der Waals surface area contributed by atoms with Gasteiger partial charge in [0.25, 0.3) is 5.56 Å². The molecule has 1 heterocycles. The molecule has 168 valence electrons. The first-order chi connectivity index (χ1) is 15.4. The molecule has 6 nitrogen and oxygen atoms in total. The van der Waals surface area contributed by atoms with E-state index in [2.05, 4.69) is 52.9 Å². The van der Waals surface area contributed by atoms with Gasteiger partial charge < -0.3 is 9.84 Å². The molecule has 1 saturated carbocycles. The third kappa shape index (κ3) is 4.65. The Morgan fingerprint density at radius 3 is 2.66 bits per heavy atom. The Morgan fingerprint density at radius 1 is 1.19 bits per heavy atom. The number of ether oxygens (including phenoxy) is 1. The lowest BCUT2D eigenvalue weighted by molar-refractivity contribution is 0.317. The first-order valence-electron chi connectivity index (χ1n) is 10.5. The molecule has 2 aromatic carbocycles. The van der Waals surface area contributed by atoms with Crippen LogP contribution in [0.3, 0.4) is 0 Å². The maximum absolute atomic E-state index is 13.4. The Balaban J connectivity index is 1.87. The molecular weight excluding hydrogens is 606 g/mol. The number of hydrogen-bond acceptors (Lipinski definition) is 5. The van der Waals surface area contributed by atoms with Gasteiger partial charge >= 0.3 is 0 Å². The molecule has 1 aromatic heterocycles. The highest BCUT2D eigenvalue weighted by Crippen LogP contribution is 2.41. The highest BCUT2D eigenvalue weighted by Gasteiger charge is 2.23. The van der Waals surface area contributed by atoms with E-state index < -0.39 is 0 Å². The van der Waals surface area contributed by atoms with E-state index in [0.29, 0.717) is 43.6 Å². The number of phenols is 1. The predicted octanol–water partition coefficient (Wildman–Crippen LogP) is 6.72. The lowest BCUT2D eigenvalue weighted by Gasteiger charge is -2.22. The topological polar surface area (TPSA) is 76.7 Å². The van der Waals surface area contributed by atoms with Crippen molar-refractivity contribution in [1.29, 1.82) is 0 Å². The van der Waals surface area contributed by atoms with Crippen molar-refractivity contribution in [3.63, 3.8) is 0 Å². The Hall–Kier alpha value is -1.71. The maximum Gasteiger partial charge on any atom is 0.282 e. The summed E-state index contributed by atoms with van der Waals surface area (Å²) in [7, 11) is 0. The predicted molar refractivity (Wildman–Crippen MR) is 137 cm³/mol. The number of hydrogen-bond donors (Lipinski definition) is 1. The highest BCUT2D eigenvalue weighted by atomic mass is 79.9. The molecule has 0 aliphatic heterocycles. The van der Waals surface area contributed by atoms with Gasteiger partial charge in [0, 0.05) is 20.4 Å². The van der Waals surface area contributed by atoms with Crippen LogP contribution in [0.2, 0.25) is 0 Å². The summed E-state index contributed by atoms with van der Waals surface area (Å²) in [4.78, 5) is 18.3. The largest absolute Gasteiger partial charge is 0.503 e. The molecule has 1 aliphatic rings. The number of benzene rings is 2. The lowest BCUT2D eigenvalue weighted by atomic mass is 9.88. The minimum Gasteiger partial charge on any atom is -0.503 e. The summed E-state index contributed by atoms with van der Waals surface area (Å²) in [5, 5.41) is 15.4. The van der Waals surface area contributed by atoms with Gasteiger partial charge in [-0.3, -0.25) is 4.79 Å². The van der Waals surface area contributed by atoms with Crippen molar-refractivity contribution >= 4 is 64.9 Å². The van der Waals surface area contributed by atoms with Crippen LogP contribution in [0, 0.1) is 0 Å². The van der Waals surface area contributed by atoms with Gasteiger partial charge in [0.1, 0.15) is 5.82 Å². The molecule has 4 rings (SSSR count). The zero-order chi connectivity index (χ0) is 22.8. The van der Waals surface area contributed by atoms with Gasteiger partial charge in [-0.1, -0.05) is 35.2 Å². The Bertz CT molecular complexity index is 1250. The Labute approximate surface area is 211 Å². The second-order valence-corrected chi connectivity index (χ2v) is 10.2. The SMILES string of the molecule is CCOc1cc(C=Nn2c(C3CCCCC3)nc3ccc(Br)cc3c2=O)c(Br)c(Br)c1O. The van der Waals surface area contributed by atoms with Crippen LogP contribution < -0.4 is 10.3 Å². The molecule has 0 radical (unpaired) electrons. The van der Waals surface area contributed by atoms with Crippen LogP contribution in [0.5, 0.6) is 11.5 Å². The van der Waals surface area contributed by atoms with Crippen molar-refractivity contribution < 1.29 is 9.84 Å². The number of nitrogens with zero attached hydrogens (tertiary/aromatic N) is 3. The average Bonchev–Trinajstić information content (AvgIpc) is 2.80. The average molecular weight is 628 g/mol. The molecular formula is C23H22Br3N3O3. The van der Waals surface area contributed by atoms with E-state index in [4.69, 9.17) is 9.72 Å². The standard InChI is InChI=1S/C23H22Br3N3O3/c1-2-32-18-10-14(19(25)20(26)21(18)30)12-27-29-22(13-6-4-3-5-7-13)28-17-9-8-15(24)11-16(17)23(29)31/h8-13,30H,2-7H2,1H3. The molecule has 0 spiro atoms. The van der Waals surface area contributed by atoms with Gasteiger partial charge in [0.2, 0.25) is 0 Å². The van der Waals surface area contributed by atoms with Crippen LogP contribution in [0.25, 0.3) is 10.9 Å². The van der Waals surface area contributed by atoms with Crippen LogP contribution >= 0.6 is 47.8 Å². The summed E-state index contributed by atoms with van der Waals surface area (Å²) in [6.45, 7) is 2.25. The summed E-state index contributed by atoms with van der Waals surface area (Å²) in [6, 6.07) is 7.23. The van der Waals surface area contributed by atoms with Gasteiger partial charge in [-0.2, -0.15) is 9.78 Å². The van der Waals surface area contributed by atoms with Crippen LogP contribution in [0.1, 0.15) is 56.3 Å². The second kappa shape index (κ2) is 10.1. The van der Waals surface area contributed by atoms with Crippen LogP contribution in [-0.2, 0) is 0 Å². The van der Waals surface area contributed by atoms with Gasteiger partial charge in [0.05, 0.1) is 28.2 Å². The van der Waals surface area contributed by atoms with Crippen molar-refractivity contribution in [3.8, 4) is 11.5 Å². The molecule has 32 heavy (non-hydrogen) atoms. The number of halogens is 3. The minimum absolute atomic E-state index is 0.00755. The molecule has 1 aliphatic carbocycles. The monoisotopic (exact) mass is 625 g/mol. The number of fused-ring (bicyclic) bond motifs is 1.